The predicted octanol–water partition coefficient (Wildman–Crippen LogP) is 3.06. The first kappa shape index (κ1) is 14.2. The Kier molecular flexibility index (Phi) is 5.66. The lowest BCUT2D eigenvalue weighted by Crippen LogP contribution is -2.38. The van der Waals surface area contributed by atoms with E-state index in [2.05, 4.69) is 38.2 Å². The maximum atomic E-state index is 10.2. The van der Waals surface area contributed by atoms with E-state index in [4.69, 9.17) is 0 Å². The summed E-state index contributed by atoms with van der Waals surface area (Å²) in [5.41, 5.74) is 2.30. The molecule has 0 amide bonds. The summed E-state index contributed by atoms with van der Waals surface area (Å²) in [5.74, 6) is 0. The Labute approximate surface area is 105 Å². The summed E-state index contributed by atoms with van der Waals surface area (Å²) < 4.78 is 0. The average Bonchev–Trinajstić information content (AvgIpc) is 2.37. The van der Waals surface area contributed by atoms with Crippen LogP contribution in [0.2, 0.25) is 0 Å². The molecule has 1 aromatic carbocycles. The van der Waals surface area contributed by atoms with Gasteiger partial charge in [0.05, 0.1) is 6.10 Å². The number of aliphatic hydroxyl groups excluding tert-OH is 1. The Morgan fingerprint density at radius 2 is 1.71 bits per heavy atom. The summed E-state index contributed by atoms with van der Waals surface area (Å²) in [7, 11) is 0. The molecule has 1 rings (SSSR count). The molecule has 0 radical (unpaired) electrons. The van der Waals surface area contributed by atoms with Crippen molar-refractivity contribution in [2.24, 2.45) is 0 Å². The minimum absolute atomic E-state index is 0.0810. The molecule has 0 aliphatic carbocycles. The van der Waals surface area contributed by atoms with Crippen molar-refractivity contribution in [3.05, 3.63) is 35.4 Å². The fraction of sp³-hybridized carbons (Fsp3) is 0.600. The van der Waals surface area contributed by atoms with Crippen molar-refractivity contribution in [3.8, 4) is 0 Å². The summed E-state index contributed by atoms with van der Waals surface area (Å²) in [6.07, 6.45) is 1.68. The predicted molar refractivity (Wildman–Crippen MR) is 73.1 cm³/mol. The number of hydrogen-bond donors (Lipinski definition) is 2. The molecular weight excluding hydrogens is 210 g/mol. The number of aliphatic hydroxyl groups is 1. The molecule has 0 heterocycles. The third-order valence-corrected chi connectivity index (χ3v) is 3.36. The van der Waals surface area contributed by atoms with Gasteiger partial charge in [-0.2, -0.15) is 0 Å². The van der Waals surface area contributed by atoms with E-state index in [1.807, 2.05) is 19.1 Å². The number of aryl methyl sites for hydroxylation is 1. The van der Waals surface area contributed by atoms with E-state index in [0.717, 1.165) is 18.4 Å². The van der Waals surface area contributed by atoms with Crippen molar-refractivity contribution in [1.82, 2.24) is 5.32 Å². The number of hydrogen-bond acceptors (Lipinski definition) is 2. The first-order valence-electron chi connectivity index (χ1n) is 6.61. The van der Waals surface area contributed by atoms with Gasteiger partial charge in [-0.3, -0.25) is 0 Å². The SMILES string of the molecule is CCc1ccc(C(O)C(C)NC(C)CC)cc1. The summed E-state index contributed by atoms with van der Waals surface area (Å²) in [5, 5.41) is 13.6. The Bertz CT molecular complexity index is 320. The third-order valence-electron chi connectivity index (χ3n) is 3.36. The molecule has 1 aromatic rings. The molecule has 0 aliphatic rings. The first-order chi connectivity index (χ1) is 8.08. The molecular formula is C15H25NO. The molecule has 0 bridgehead atoms. The van der Waals surface area contributed by atoms with Crippen LogP contribution in [0, 0.1) is 0 Å². The second-order valence-electron chi connectivity index (χ2n) is 4.80. The minimum Gasteiger partial charge on any atom is -0.387 e. The van der Waals surface area contributed by atoms with Crippen LogP contribution in [0.5, 0.6) is 0 Å². The fourth-order valence-electron chi connectivity index (χ4n) is 1.90. The largest absolute Gasteiger partial charge is 0.387 e. The molecule has 3 atom stereocenters. The van der Waals surface area contributed by atoms with Gasteiger partial charge in [0.15, 0.2) is 0 Å². The number of benzene rings is 1. The summed E-state index contributed by atoms with van der Waals surface area (Å²) in [6.45, 7) is 8.46. The van der Waals surface area contributed by atoms with Crippen molar-refractivity contribution < 1.29 is 5.11 Å². The molecule has 0 saturated heterocycles. The zero-order chi connectivity index (χ0) is 12.8. The number of nitrogens with one attached hydrogen (secondary N) is 1. The molecule has 0 aromatic heterocycles. The molecule has 0 fully saturated rings. The zero-order valence-corrected chi connectivity index (χ0v) is 11.4. The van der Waals surface area contributed by atoms with E-state index in [1.165, 1.54) is 5.56 Å². The molecule has 0 saturated carbocycles. The van der Waals surface area contributed by atoms with Gasteiger partial charge in [0.25, 0.3) is 0 Å². The van der Waals surface area contributed by atoms with Crippen LogP contribution in [0.4, 0.5) is 0 Å². The van der Waals surface area contributed by atoms with Crippen LogP contribution in [-0.4, -0.2) is 17.2 Å². The van der Waals surface area contributed by atoms with Gasteiger partial charge in [-0.25, -0.2) is 0 Å². The van der Waals surface area contributed by atoms with Gasteiger partial charge < -0.3 is 10.4 Å². The summed E-state index contributed by atoms with van der Waals surface area (Å²) >= 11 is 0. The molecule has 2 N–H and O–H groups in total. The Hall–Kier alpha value is -0.860. The Morgan fingerprint density at radius 3 is 2.18 bits per heavy atom. The quantitative estimate of drug-likeness (QED) is 0.794. The fourth-order valence-corrected chi connectivity index (χ4v) is 1.90. The highest BCUT2D eigenvalue weighted by Crippen LogP contribution is 2.18. The van der Waals surface area contributed by atoms with Crippen molar-refractivity contribution in [2.75, 3.05) is 0 Å². The highest BCUT2D eigenvalue weighted by Gasteiger charge is 2.17. The van der Waals surface area contributed by atoms with Gasteiger partial charge in [0.2, 0.25) is 0 Å². The molecule has 17 heavy (non-hydrogen) atoms. The monoisotopic (exact) mass is 235 g/mol. The standard InChI is InChI=1S/C15H25NO/c1-5-11(3)16-12(4)15(17)14-9-7-13(6-2)8-10-14/h7-12,15-17H,5-6H2,1-4H3. The maximum absolute atomic E-state index is 10.2. The van der Waals surface area contributed by atoms with Crippen LogP contribution < -0.4 is 5.32 Å². The van der Waals surface area contributed by atoms with E-state index in [9.17, 15) is 5.11 Å². The van der Waals surface area contributed by atoms with Crippen molar-refractivity contribution in [1.29, 1.82) is 0 Å². The average molecular weight is 235 g/mol. The van der Waals surface area contributed by atoms with Crippen molar-refractivity contribution >= 4 is 0 Å². The Balaban J connectivity index is 2.64. The third kappa shape index (κ3) is 4.14. The van der Waals surface area contributed by atoms with Crippen LogP contribution in [0.15, 0.2) is 24.3 Å². The van der Waals surface area contributed by atoms with E-state index in [-0.39, 0.29) is 6.04 Å². The van der Waals surface area contributed by atoms with E-state index in [0.29, 0.717) is 6.04 Å². The van der Waals surface area contributed by atoms with Gasteiger partial charge >= 0.3 is 0 Å². The normalized spacial score (nSPS) is 16.5. The first-order valence-corrected chi connectivity index (χ1v) is 6.61. The molecule has 2 nitrogen and oxygen atoms in total. The lowest BCUT2D eigenvalue weighted by Gasteiger charge is -2.24. The van der Waals surface area contributed by atoms with Gasteiger partial charge in [-0.1, -0.05) is 38.1 Å². The summed E-state index contributed by atoms with van der Waals surface area (Å²) in [6, 6.07) is 8.76. The highest BCUT2D eigenvalue weighted by molar-refractivity contribution is 5.24. The molecule has 0 aliphatic heterocycles. The van der Waals surface area contributed by atoms with Crippen LogP contribution in [0.1, 0.15) is 51.3 Å². The summed E-state index contributed by atoms with van der Waals surface area (Å²) in [4.78, 5) is 0. The lowest BCUT2D eigenvalue weighted by molar-refractivity contribution is 0.130. The molecule has 0 spiro atoms. The van der Waals surface area contributed by atoms with E-state index >= 15 is 0 Å². The zero-order valence-electron chi connectivity index (χ0n) is 11.4. The maximum Gasteiger partial charge on any atom is 0.0940 e. The topological polar surface area (TPSA) is 32.3 Å². The minimum atomic E-state index is -0.435. The van der Waals surface area contributed by atoms with Gasteiger partial charge in [0, 0.05) is 12.1 Å². The Morgan fingerprint density at radius 1 is 1.12 bits per heavy atom. The smallest absolute Gasteiger partial charge is 0.0940 e. The highest BCUT2D eigenvalue weighted by atomic mass is 16.3. The second-order valence-corrected chi connectivity index (χ2v) is 4.80. The van der Waals surface area contributed by atoms with E-state index in [1.54, 1.807) is 0 Å². The van der Waals surface area contributed by atoms with Crippen molar-refractivity contribution in [3.63, 3.8) is 0 Å². The van der Waals surface area contributed by atoms with Crippen LogP contribution >= 0.6 is 0 Å². The molecule has 3 unspecified atom stereocenters. The second kappa shape index (κ2) is 6.77. The van der Waals surface area contributed by atoms with E-state index < -0.39 is 6.10 Å². The van der Waals surface area contributed by atoms with Gasteiger partial charge in [-0.15, -0.1) is 0 Å². The molecule has 2 heteroatoms. The van der Waals surface area contributed by atoms with Crippen molar-refractivity contribution in [2.45, 2.75) is 58.7 Å². The van der Waals surface area contributed by atoms with Crippen LogP contribution in [0.25, 0.3) is 0 Å². The lowest BCUT2D eigenvalue weighted by atomic mass is 10.0. The van der Waals surface area contributed by atoms with Crippen LogP contribution in [0.3, 0.4) is 0 Å². The molecule has 96 valence electrons. The van der Waals surface area contributed by atoms with Gasteiger partial charge in [0.1, 0.15) is 0 Å². The number of rotatable bonds is 6. The van der Waals surface area contributed by atoms with Gasteiger partial charge in [-0.05, 0) is 37.8 Å². The van der Waals surface area contributed by atoms with Crippen LogP contribution in [-0.2, 0) is 6.42 Å².